The van der Waals surface area contributed by atoms with Crippen molar-refractivity contribution in [3.63, 3.8) is 0 Å². The van der Waals surface area contributed by atoms with Gasteiger partial charge < -0.3 is 15.7 Å². The SMILES string of the molecule is Cc1nc(N2CCC3(CCCC3N)CC2)c(CO)nc1Sc1cccc(Cl)c1Cl. The van der Waals surface area contributed by atoms with Crippen molar-refractivity contribution < 1.29 is 5.11 Å². The van der Waals surface area contributed by atoms with Crippen LogP contribution in [0.3, 0.4) is 0 Å². The second-order valence-electron chi connectivity index (χ2n) is 8.04. The molecule has 4 rings (SSSR count). The Bertz CT molecular complexity index is 902. The second-order valence-corrected chi connectivity index (χ2v) is 9.86. The number of rotatable bonds is 4. The van der Waals surface area contributed by atoms with Gasteiger partial charge in [0.2, 0.25) is 0 Å². The summed E-state index contributed by atoms with van der Waals surface area (Å²) < 4.78 is 0. The van der Waals surface area contributed by atoms with Crippen LogP contribution in [-0.4, -0.2) is 34.2 Å². The zero-order valence-electron chi connectivity index (χ0n) is 16.5. The summed E-state index contributed by atoms with van der Waals surface area (Å²) >= 11 is 13.9. The molecule has 1 saturated heterocycles. The highest BCUT2D eigenvalue weighted by Gasteiger charge is 2.43. The third kappa shape index (κ3) is 4.10. The van der Waals surface area contributed by atoms with Crippen molar-refractivity contribution >= 4 is 40.8 Å². The van der Waals surface area contributed by atoms with Crippen LogP contribution in [0, 0.1) is 12.3 Å². The van der Waals surface area contributed by atoms with Crippen LogP contribution < -0.4 is 10.6 Å². The number of nitrogens with two attached hydrogens (primary N) is 1. The van der Waals surface area contributed by atoms with E-state index in [1.54, 1.807) is 6.07 Å². The lowest BCUT2D eigenvalue weighted by molar-refractivity contribution is 0.196. The van der Waals surface area contributed by atoms with Gasteiger partial charge in [0.15, 0.2) is 5.82 Å². The van der Waals surface area contributed by atoms with Crippen LogP contribution >= 0.6 is 35.0 Å². The number of aromatic nitrogens is 2. The van der Waals surface area contributed by atoms with E-state index in [4.69, 9.17) is 38.9 Å². The number of benzene rings is 1. The molecule has 3 N–H and O–H groups in total. The average molecular weight is 453 g/mol. The summed E-state index contributed by atoms with van der Waals surface area (Å²) in [6, 6.07) is 5.84. The standard InChI is InChI=1S/C21H26Cl2N4OS/c1-13-20(29-16-5-2-4-14(22)18(16)23)26-15(12-28)19(25-13)27-10-8-21(9-11-27)7-3-6-17(21)24/h2,4-5,17,28H,3,6-12,24H2,1H3. The molecule has 0 bridgehead atoms. The van der Waals surface area contributed by atoms with Gasteiger partial charge in [-0.05, 0) is 50.2 Å². The molecule has 2 heterocycles. The molecule has 2 aromatic rings. The van der Waals surface area contributed by atoms with Gasteiger partial charge in [0.1, 0.15) is 10.7 Å². The van der Waals surface area contributed by atoms with Gasteiger partial charge in [-0.25, -0.2) is 9.97 Å². The number of anilines is 1. The van der Waals surface area contributed by atoms with Crippen LogP contribution in [-0.2, 0) is 6.61 Å². The van der Waals surface area contributed by atoms with Crippen molar-refractivity contribution in [2.45, 2.75) is 61.6 Å². The first-order valence-electron chi connectivity index (χ1n) is 10.0. The van der Waals surface area contributed by atoms with E-state index >= 15 is 0 Å². The molecule has 2 fully saturated rings. The number of hydrogen-bond donors (Lipinski definition) is 2. The Morgan fingerprint density at radius 2 is 2.00 bits per heavy atom. The van der Waals surface area contributed by atoms with E-state index in [2.05, 4.69) is 4.90 Å². The number of piperidine rings is 1. The minimum atomic E-state index is -0.152. The van der Waals surface area contributed by atoms with Crippen molar-refractivity contribution in [1.82, 2.24) is 9.97 Å². The third-order valence-corrected chi connectivity index (χ3v) is 8.46. The second kappa shape index (κ2) is 8.60. The zero-order valence-corrected chi connectivity index (χ0v) is 18.8. The van der Waals surface area contributed by atoms with Crippen molar-refractivity contribution in [2.75, 3.05) is 18.0 Å². The highest BCUT2D eigenvalue weighted by Crippen LogP contribution is 2.46. The van der Waals surface area contributed by atoms with Crippen molar-refractivity contribution in [2.24, 2.45) is 11.1 Å². The topological polar surface area (TPSA) is 75.3 Å². The summed E-state index contributed by atoms with van der Waals surface area (Å²) in [4.78, 5) is 12.6. The smallest absolute Gasteiger partial charge is 0.153 e. The summed E-state index contributed by atoms with van der Waals surface area (Å²) in [5.41, 5.74) is 8.12. The molecule has 8 heteroatoms. The maximum Gasteiger partial charge on any atom is 0.153 e. The van der Waals surface area contributed by atoms with Crippen molar-refractivity contribution in [3.8, 4) is 0 Å². The van der Waals surface area contributed by atoms with Crippen LogP contribution in [0.4, 0.5) is 5.82 Å². The molecule has 5 nitrogen and oxygen atoms in total. The van der Waals surface area contributed by atoms with Gasteiger partial charge in [0.25, 0.3) is 0 Å². The van der Waals surface area contributed by atoms with E-state index < -0.39 is 0 Å². The first-order valence-corrected chi connectivity index (χ1v) is 11.6. The molecule has 1 aliphatic heterocycles. The number of nitrogens with zero attached hydrogens (tertiary/aromatic N) is 3. The van der Waals surface area contributed by atoms with Gasteiger partial charge in [-0.2, -0.15) is 0 Å². The zero-order chi connectivity index (χ0) is 20.6. The molecule has 0 radical (unpaired) electrons. The molecule has 1 unspecified atom stereocenters. The predicted octanol–water partition coefficient (Wildman–Crippen LogP) is 4.83. The summed E-state index contributed by atoms with van der Waals surface area (Å²) in [6.07, 6.45) is 5.76. The number of aliphatic hydroxyl groups is 1. The number of hydrogen-bond acceptors (Lipinski definition) is 6. The Labute approximate surface area is 186 Å². The molecule has 1 spiro atoms. The first kappa shape index (κ1) is 21.2. The monoisotopic (exact) mass is 452 g/mol. The minimum Gasteiger partial charge on any atom is -0.390 e. The van der Waals surface area contributed by atoms with Crippen LogP contribution in [0.1, 0.15) is 43.5 Å². The van der Waals surface area contributed by atoms with E-state index in [1.807, 2.05) is 19.1 Å². The lowest BCUT2D eigenvalue weighted by Crippen LogP contribution is -2.47. The first-order chi connectivity index (χ1) is 13.9. The molecule has 1 aliphatic carbocycles. The molecular weight excluding hydrogens is 427 g/mol. The van der Waals surface area contributed by atoms with Crippen molar-refractivity contribution in [1.29, 1.82) is 0 Å². The molecule has 1 atom stereocenters. The quantitative estimate of drug-likeness (QED) is 0.691. The van der Waals surface area contributed by atoms with E-state index in [1.165, 1.54) is 24.6 Å². The Balaban J connectivity index is 1.56. The van der Waals surface area contributed by atoms with Gasteiger partial charge >= 0.3 is 0 Å². The molecule has 0 amide bonds. The van der Waals surface area contributed by atoms with Crippen LogP contribution in [0.25, 0.3) is 0 Å². The fourth-order valence-corrected chi connectivity index (χ4v) is 5.97. The van der Waals surface area contributed by atoms with Gasteiger partial charge in [0, 0.05) is 24.0 Å². The molecule has 1 aromatic carbocycles. The Morgan fingerprint density at radius 1 is 1.24 bits per heavy atom. The number of aryl methyl sites for hydroxylation is 1. The van der Waals surface area contributed by atoms with Crippen LogP contribution in [0.15, 0.2) is 28.1 Å². The van der Waals surface area contributed by atoms with Crippen molar-refractivity contribution in [3.05, 3.63) is 39.6 Å². The number of aliphatic hydroxyl groups excluding tert-OH is 1. The van der Waals surface area contributed by atoms with E-state index in [0.717, 1.165) is 53.8 Å². The minimum absolute atomic E-state index is 0.152. The maximum atomic E-state index is 9.97. The molecule has 156 valence electrons. The molecule has 2 aliphatic rings. The lowest BCUT2D eigenvalue weighted by atomic mass is 9.74. The Hall–Kier alpha value is -1.05. The summed E-state index contributed by atoms with van der Waals surface area (Å²) in [5, 5.41) is 11.7. The highest BCUT2D eigenvalue weighted by atomic mass is 35.5. The number of halogens is 2. The highest BCUT2D eigenvalue weighted by molar-refractivity contribution is 7.99. The third-order valence-electron chi connectivity index (χ3n) is 6.39. The van der Waals surface area contributed by atoms with Gasteiger partial charge in [0.05, 0.1) is 22.3 Å². The van der Waals surface area contributed by atoms with Crippen LogP contribution in [0.5, 0.6) is 0 Å². The fourth-order valence-electron chi connectivity index (χ4n) is 4.60. The molecule has 1 aromatic heterocycles. The summed E-state index contributed by atoms with van der Waals surface area (Å²) in [7, 11) is 0. The Kier molecular flexibility index (Phi) is 6.28. The fraction of sp³-hybridized carbons (Fsp3) is 0.524. The lowest BCUT2D eigenvalue weighted by Gasteiger charge is -2.42. The van der Waals surface area contributed by atoms with Gasteiger partial charge in [-0.15, -0.1) is 0 Å². The van der Waals surface area contributed by atoms with E-state index in [0.29, 0.717) is 21.8 Å². The van der Waals surface area contributed by atoms with E-state index in [9.17, 15) is 5.11 Å². The van der Waals surface area contributed by atoms with Crippen LogP contribution in [0.2, 0.25) is 10.0 Å². The maximum absolute atomic E-state index is 9.97. The average Bonchev–Trinajstić information content (AvgIpc) is 3.07. The normalized spacial score (nSPS) is 21.1. The molecule has 29 heavy (non-hydrogen) atoms. The predicted molar refractivity (Wildman–Crippen MR) is 119 cm³/mol. The van der Waals surface area contributed by atoms with E-state index in [-0.39, 0.29) is 12.0 Å². The van der Waals surface area contributed by atoms with Gasteiger partial charge in [-0.1, -0.05) is 47.5 Å². The van der Waals surface area contributed by atoms with Gasteiger partial charge in [-0.3, -0.25) is 0 Å². The Morgan fingerprint density at radius 3 is 2.66 bits per heavy atom. The molecular formula is C21H26Cl2N4OS. The summed E-state index contributed by atoms with van der Waals surface area (Å²) in [6.45, 7) is 3.60. The molecule has 1 saturated carbocycles. The summed E-state index contributed by atoms with van der Waals surface area (Å²) in [5.74, 6) is 0.785. The largest absolute Gasteiger partial charge is 0.390 e.